The fourth-order valence-electron chi connectivity index (χ4n) is 5.29. The Hall–Kier alpha value is -3.47. The van der Waals surface area contributed by atoms with Gasteiger partial charge in [-0.05, 0) is 18.9 Å². The third-order valence-electron chi connectivity index (χ3n) is 7.48. The minimum atomic E-state index is -0.197. The lowest BCUT2D eigenvalue weighted by atomic mass is 9.89. The Morgan fingerprint density at radius 1 is 1.14 bits per heavy atom. The summed E-state index contributed by atoms with van der Waals surface area (Å²) < 4.78 is 20.7. The van der Waals surface area contributed by atoms with E-state index < -0.39 is 0 Å². The Morgan fingerprint density at radius 2 is 1.97 bits per heavy atom. The molecule has 4 aromatic rings. The number of methoxy groups -OCH3 is 2. The van der Waals surface area contributed by atoms with Crippen molar-refractivity contribution in [2.24, 2.45) is 0 Å². The van der Waals surface area contributed by atoms with Gasteiger partial charge in [0.25, 0.3) is 5.91 Å². The number of fused-ring (bicyclic) bond motifs is 2. The number of amides is 1. The molecule has 3 aromatic heterocycles. The van der Waals surface area contributed by atoms with Gasteiger partial charge in [-0.1, -0.05) is 18.2 Å². The lowest BCUT2D eigenvalue weighted by Gasteiger charge is -2.35. The molecular weight excluding hydrogens is 460 g/mol. The number of nitrogens with zero attached hydrogens (tertiary/aromatic N) is 4. The van der Waals surface area contributed by atoms with E-state index in [-0.39, 0.29) is 30.2 Å². The van der Waals surface area contributed by atoms with Crippen LogP contribution < -0.4 is 10.6 Å². The molecule has 1 aliphatic heterocycles. The van der Waals surface area contributed by atoms with Crippen molar-refractivity contribution in [1.82, 2.24) is 24.5 Å². The second kappa shape index (κ2) is 9.20. The van der Waals surface area contributed by atoms with E-state index in [1.165, 1.54) is 0 Å². The van der Waals surface area contributed by atoms with Gasteiger partial charge in [-0.25, -0.2) is 4.98 Å². The van der Waals surface area contributed by atoms with E-state index in [1.807, 2.05) is 25.2 Å². The molecule has 0 bridgehead atoms. The summed E-state index contributed by atoms with van der Waals surface area (Å²) in [6, 6.07) is 10.3. The molecule has 1 aliphatic carbocycles. The van der Waals surface area contributed by atoms with Gasteiger partial charge < -0.3 is 29.4 Å². The van der Waals surface area contributed by atoms with Crippen LogP contribution in [0.25, 0.3) is 27.8 Å². The molecule has 0 radical (unpaired) electrons. The van der Waals surface area contributed by atoms with Gasteiger partial charge in [0.2, 0.25) is 0 Å². The summed E-state index contributed by atoms with van der Waals surface area (Å²) in [5.41, 5.74) is 3.74. The maximum absolute atomic E-state index is 13.2. The second-order valence-corrected chi connectivity index (χ2v) is 9.35. The van der Waals surface area contributed by atoms with Crippen LogP contribution in [0.1, 0.15) is 29.2 Å². The minimum Gasteiger partial charge on any atom is -0.379 e. The predicted molar refractivity (Wildman–Crippen MR) is 135 cm³/mol. The van der Waals surface area contributed by atoms with Gasteiger partial charge >= 0.3 is 0 Å². The van der Waals surface area contributed by atoms with Gasteiger partial charge in [-0.3, -0.25) is 4.79 Å². The van der Waals surface area contributed by atoms with Gasteiger partial charge in [0.05, 0.1) is 43.3 Å². The van der Waals surface area contributed by atoms with Crippen LogP contribution in [0.2, 0.25) is 0 Å². The lowest BCUT2D eigenvalue weighted by molar-refractivity contribution is 0.00732. The first-order valence-corrected chi connectivity index (χ1v) is 12.2. The number of benzene rings is 1. The maximum atomic E-state index is 13.2. The highest BCUT2D eigenvalue weighted by molar-refractivity contribution is 6.01. The number of rotatable bonds is 7. The predicted octanol–water partition coefficient (Wildman–Crippen LogP) is 2.89. The topological polar surface area (TPSA) is 104 Å². The van der Waals surface area contributed by atoms with Crippen molar-refractivity contribution in [1.29, 1.82) is 0 Å². The zero-order chi connectivity index (χ0) is 24.8. The Labute approximate surface area is 208 Å². The van der Waals surface area contributed by atoms with Crippen LogP contribution in [-0.4, -0.2) is 77.8 Å². The second-order valence-electron chi connectivity index (χ2n) is 9.35. The Morgan fingerprint density at radius 3 is 2.72 bits per heavy atom. The zero-order valence-electron chi connectivity index (χ0n) is 20.6. The average Bonchev–Trinajstić information content (AvgIpc) is 3.62. The molecule has 1 saturated heterocycles. The molecule has 2 N–H and O–H groups in total. The molecule has 0 spiro atoms. The van der Waals surface area contributed by atoms with Gasteiger partial charge in [-0.15, -0.1) is 0 Å². The van der Waals surface area contributed by atoms with E-state index in [2.05, 4.69) is 38.6 Å². The third-order valence-corrected chi connectivity index (χ3v) is 7.48. The molecule has 1 amide bonds. The zero-order valence-corrected chi connectivity index (χ0v) is 20.6. The molecule has 10 heteroatoms. The summed E-state index contributed by atoms with van der Waals surface area (Å²) in [5, 5.41) is 11.8. The number of anilines is 1. The normalized spacial score (nSPS) is 23.8. The molecule has 188 valence electrons. The first kappa shape index (κ1) is 23.0. The van der Waals surface area contributed by atoms with Crippen molar-refractivity contribution in [3.8, 4) is 11.3 Å². The van der Waals surface area contributed by atoms with Crippen LogP contribution >= 0.6 is 0 Å². The molecule has 2 aliphatic rings. The molecular formula is C26H30N6O4. The van der Waals surface area contributed by atoms with Crippen LogP contribution in [0.15, 0.2) is 42.7 Å². The van der Waals surface area contributed by atoms with Crippen LogP contribution in [0, 0.1) is 0 Å². The Balaban J connectivity index is 1.45. The largest absolute Gasteiger partial charge is 0.379 e. The highest BCUT2D eigenvalue weighted by atomic mass is 16.5. The molecule has 10 nitrogen and oxygen atoms in total. The summed E-state index contributed by atoms with van der Waals surface area (Å²) in [6.07, 6.45) is 5.56. The van der Waals surface area contributed by atoms with Crippen molar-refractivity contribution in [2.75, 3.05) is 39.8 Å². The van der Waals surface area contributed by atoms with Crippen LogP contribution in [-0.2, 0) is 14.2 Å². The van der Waals surface area contributed by atoms with E-state index in [0.717, 1.165) is 40.8 Å². The van der Waals surface area contributed by atoms with Crippen LogP contribution in [0.5, 0.6) is 0 Å². The van der Waals surface area contributed by atoms with Crippen LogP contribution in [0.4, 0.5) is 5.82 Å². The number of ether oxygens (including phenoxy) is 3. The first-order chi connectivity index (χ1) is 17.6. The van der Waals surface area contributed by atoms with Crippen molar-refractivity contribution < 1.29 is 19.0 Å². The Kier molecular flexibility index (Phi) is 5.87. The highest BCUT2D eigenvalue weighted by Gasteiger charge is 2.34. The molecule has 0 unspecified atom stereocenters. The first-order valence-electron chi connectivity index (χ1n) is 12.2. The SMILES string of the molecule is CNc1cc(-c2cn([C@@H]3COC[C@H]3OC)c3ccccc23)nc2c(C(=O)N[C@@H]3CC[C@H]3OC)cnn12. The van der Waals surface area contributed by atoms with E-state index >= 15 is 0 Å². The fourth-order valence-corrected chi connectivity index (χ4v) is 5.29. The fraction of sp³-hybridized carbons (Fsp3) is 0.423. The van der Waals surface area contributed by atoms with Crippen LogP contribution in [0.3, 0.4) is 0 Å². The van der Waals surface area contributed by atoms with Gasteiger partial charge in [-0.2, -0.15) is 9.61 Å². The van der Waals surface area contributed by atoms with Crippen molar-refractivity contribution in [3.05, 3.63) is 48.3 Å². The van der Waals surface area contributed by atoms with E-state index in [1.54, 1.807) is 24.9 Å². The third kappa shape index (κ3) is 3.64. The number of nitrogens with one attached hydrogen (secondary N) is 2. The Bertz CT molecular complexity index is 1430. The van der Waals surface area contributed by atoms with Gasteiger partial charge in [0, 0.05) is 50.0 Å². The molecule has 36 heavy (non-hydrogen) atoms. The smallest absolute Gasteiger partial charge is 0.257 e. The van der Waals surface area contributed by atoms with Crippen molar-refractivity contribution in [3.63, 3.8) is 0 Å². The number of para-hydroxylation sites is 1. The summed E-state index contributed by atoms with van der Waals surface area (Å²) in [5.74, 6) is 0.542. The molecule has 2 fully saturated rings. The van der Waals surface area contributed by atoms with Crippen molar-refractivity contribution in [2.45, 2.75) is 37.1 Å². The van der Waals surface area contributed by atoms with E-state index in [9.17, 15) is 4.79 Å². The average molecular weight is 491 g/mol. The highest BCUT2D eigenvalue weighted by Crippen LogP contribution is 2.36. The van der Waals surface area contributed by atoms with Gasteiger partial charge in [0.15, 0.2) is 5.65 Å². The quantitative estimate of drug-likeness (QED) is 0.411. The number of hydrogen-bond donors (Lipinski definition) is 2. The molecule has 1 saturated carbocycles. The van der Waals surface area contributed by atoms with Gasteiger partial charge in [0.1, 0.15) is 17.5 Å². The summed E-state index contributed by atoms with van der Waals surface area (Å²) >= 11 is 0. The number of hydrogen-bond acceptors (Lipinski definition) is 7. The number of carbonyl (C=O) groups is 1. The summed E-state index contributed by atoms with van der Waals surface area (Å²) in [6.45, 7) is 1.15. The minimum absolute atomic E-state index is 0.00439. The number of carbonyl (C=O) groups excluding carboxylic acids is 1. The molecule has 4 atom stereocenters. The molecule has 1 aromatic carbocycles. The van der Waals surface area contributed by atoms with Crippen molar-refractivity contribution >= 4 is 28.3 Å². The lowest BCUT2D eigenvalue weighted by Crippen LogP contribution is -2.51. The molecule has 6 rings (SSSR count). The monoisotopic (exact) mass is 490 g/mol. The number of aromatic nitrogens is 4. The summed E-state index contributed by atoms with van der Waals surface area (Å²) in [4.78, 5) is 18.1. The molecule has 4 heterocycles. The standard InChI is InChI=1S/C26H30N6O4/c1-27-24-10-19(29-25-16(11-28-32(24)25)26(33)30-18-8-9-22(18)34-2)17-12-31(20-7-5-4-6-15(17)20)21-13-36-14-23(21)35-3/h4-7,10-12,18,21-23,27H,8-9,13-14H2,1-3H3,(H,30,33)/t18-,21-,22-,23-/m1/s1. The van der Waals surface area contributed by atoms with E-state index in [0.29, 0.717) is 24.4 Å². The maximum Gasteiger partial charge on any atom is 0.257 e. The van der Waals surface area contributed by atoms with E-state index in [4.69, 9.17) is 19.2 Å². The summed E-state index contributed by atoms with van der Waals surface area (Å²) in [7, 11) is 5.23.